The van der Waals surface area contributed by atoms with E-state index in [0.717, 1.165) is 16.9 Å². The Bertz CT molecular complexity index is 830. The summed E-state index contributed by atoms with van der Waals surface area (Å²) in [6.07, 6.45) is 0. The first-order chi connectivity index (χ1) is 11.6. The van der Waals surface area contributed by atoms with Crippen molar-refractivity contribution in [3.63, 3.8) is 0 Å². The molecule has 132 valence electrons. The molecule has 0 saturated carbocycles. The first-order valence-electron chi connectivity index (χ1n) is 7.19. The summed E-state index contributed by atoms with van der Waals surface area (Å²) in [5.74, 6) is -1.03. The van der Waals surface area contributed by atoms with Crippen molar-refractivity contribution in [3.8, 4) is 0 Å². The molecule has 1 heterocycles. The SMILES string of the molecule is CC(C)(C(=O)Nc1cc(C(N)=O)c(NC(N)=O)s1)c1ccc(Cl)cc1. The minimum atomic E-state index is -0.848. The molecular formula is C16H17ClN4O3S. The number of halogens is 1. The lowest BCUT2D eigenvalue weighted by Crippen LogP contribution is -2.34. The highest BCUT2D eigenvalue weighted by atomic mass is 35.5. The van der Waals surface area contributed by atoms with Crippen molar-refractivity contribution in [1.29, 1.82) is 0 Å². The van der Waals surface area contributed by atoms with Gasteiger partial charge in [0.2, 0.25) is 5.91 Å². The lowest BCUT2D eigenvalue weighted by atomic mass is 9.84. The molecule has 2 rings (SSSR count). The fraction of sp³-hybridized carbons (Fsp3) is 0.188. The van der Waals surface area contributed by atoms with E-state index in [9.17, 15) is 14.4 Å². The Kier molecular flexibility index (Phi) is 5.34. The molecule has 1 aromatic heterocycles. The first kappa shape index (κ1) is 18.8. The number of rotatable bonds is 5. The Morgan fingerprint density at radius 3 is 2.20 bits per heavy atom. The Balaban J connectivity index is 2.26. The van der Waals surface area contributed by atoms with Crippen LogP contribution in [0.3, 0.4) is 0 Å². The molecule has 0 fully saturated rings. The third-order valence-electron chi connectivity index (χ3n) is 3.60. The molecule has 0 aliphatic heterocycles. The first-order valence-corrected chi connectivity index (χ1v) is 8.38. The molecule has 0 aliphatic rings. The van der Waals surface area contributed by atoms with Gasteiger partial charge in [-0.15, -0.1) is 0 Å². The van der Waals surface area contributed by atoms with Gasteiger partial charge in [-0.05, 0) is 37.6 Å². The number of thiophene rings is 1. The van der Waals surface area contributed by atoms with Gasteiger partial charge in [0, 0.05) is 5.02 Å². The molecule has 4 amide bonds. The van der Waals surface area contributed by atoms with Gasteiger partial charge in [-0.1, -0.05) is 35.1 Å². The number of carbonyl (C=O) groups excluding carboxylic acids is 3. The van der Waals surface area contributed by atoms with Crippen LogP contribution in [0, 0.1) is 0 Å². The van der Waals surface area contributed by atoms with Crippen LogP contribution in [-0.2, 0) is 10.2 Å². The summed E-state index contributed by atoms with van der Waals surface area (Å²) in [4.78, 5) is 35.1. The number of nitrogens with one attached hydrogen (secondary N) is 2. The molecule has 0 spiro atoms. The molecule has 0 aliphatic carbocycles. The van der Waals surface area contributed by atoms with Crippen molar-refractivity contribution in [3.05, 3.63) is 46.5 Å². The lowest BCUT2D eigenvalue weighted by molar-refractivity contribution is -0.120. The van der Waals surface area contributed by atoms with E-state index >= 15 is 0 Å². The zero-order valence-corrected chi connectivity index (χ0v) is 15.1. The number of carbonyl (C=O) groups is 3. The van der Waals surface area contributed by atoms with Crippen molar-refractivity contribution in [2.45, 2.75) is 19.3 Å². The molecule has 2 aromatic rings. The standard InChI is InChI=1S/C16H17ClN4O3S/c1-16(2,8-3-5-9(17)6-4-8)14(23)20-11-7-10(12(18)22)13(25-11)21-15(19)24/h3-7H,1-2H3,(H2,18,22)(H,20,23)(H3,19,21,24). The minimum absolute atomic E-state index is 0.0726. The molecule has 0 bridgehead atoms. The number of urea groups is 1. The summed E-state index contributed by atoms with van der Waals surface area (Å²) in [5, 5.41) is 6.17. The average molecular weight is 381 g/mol. The molecule has 1 aromatic carbocycles. The second-order valence-electron chi connectivity index (χ2n) is 5.79. The van der Waals surface area contributed by atoms with Gasteiger partial charge in [0.1, 0.15) is 5.00 Å². The minimum Gasteiger partial charge on any atom is -0.366 e. The number of anilines is 2. The van der Waals surface area contributed by atoms with Crippen LogP contribution in [0.4, 0.5) is 14.8 Å². The number of hydrogen-bond donors (Lipinski definition) is 4. The maximum Gasteiger partial charge on any atom is 0.317 e. The van der Waals surface area contributed by atoms with E-state index in [1.165, 1.54) is 6.07 Å². The van der Waals surface area contributed by atoms with Gasteiger partial charge in [-0.3, -0.25) is 14.9 Å². The van der Waals surface area contributed by atoms with E-state index in [4.69, 9.17) is 23.1 Å². The maximum absolute atomic E-state index is 12.7. The molecule has 0 unspecified atom stereocenters. The van der Waals surface area contributed by atoms with E-state index in [1.54, 1.807) is 38.1 Å². The number of benzene rings is 1. The lowest BCUT2D eigenvalue weighted by Gasteiger charge is -2.23. The summed E-state index contributed by atoms with van der Waals surface area (Å²) < 4.78 is 0. The molecule has 6 N–H and O–H groups in total. The largest absolute Gasteiger partial charge is 0.366 e. The normalized spacial score (nSPS) is 11.0. The second-order valence-corrected chi connectivity index (χ2v) is 7.28. The van der Waals surface area contributed by atoms with Crippen LogP contribution in [0.25, 0.3) is 0 Å². The molecule has 25 heavy (non-hydrogen) atoms. The van der Waals surface area contributed by atoms with Gasteiger partial charge in [-0.2, -0.15) is 0 Å². The van der Waals surface area contributed by atoms with Crippen LogP contribution < -0.4 is 22.1 Å². The van der Waals surface area contributed by atoms with E-state index < -0.39 is 17.4 Å². The van der Waals surface area contributed by atoms with Crippen molar-refractivity contribution < 1.29 is 14.4 Å². The van der Waals surface area contributed by atoms with Gasteiger partial charge in [0.05, 0.1) is 16.0 Å². The Labute approximate surface area is 153 Å². The summed E-state index contributed by atoms with van der Waals surface area (Å²) >= 11 is 6.87. The van der Waals surface area contributed by atoms with Crippen LogP contribution in [0.2, 0.25) is 5.02 Å². The maximum atomic E-state index is 12.7. The van der Waals surface area contributed by atoms with Gasteiger partial charge >= 0.3 is 6.03 Å². The Morgan fingerprint density at radius 1 is 1.08 bits per heavy atom. The fourth-order valence-electron chi connectivity index (χ4n) is 2.11. The summed E-state index contributed by atoms with van der Waals surface area (Å²) in [5.41, 5.74) is 10.3. The average Bonchev–Trinajstić information content (AvgIpc) is 2.89. The third kappa shape index (κ3) is 4.28. The van der Waals surface area contributed by atoms with E-state index in [-0.39, 0.29) is 16.5 Å². The van der Waals surface area contributed by atoms with Gasteiger partial charge < -0.3 is 16.8 Å². The topological polar surface area (TPSA) is 127 Å². The highest BCUT2D eigenvalue weighted by molar-refractivity contribution is 7.20. The van der Waals surface area contributed by atoms with Crippen molar-refractivity contribution in [1.82, 2.24) is 0 Å². The highest BCUT2D eigenvalue weighted by Gasteiger charge is 2.30. The predicted octanol–water partition coefficient (Wildman–Crippen LogP) is 2.91. The Hall–Kier alpha value is -2.58. The van der Waals surface area contributed by atoms with Crippen LogP contribution >= 0.6 is 22.9 Å². The zero-order valence-electron chi connectivity index (χ0n) is 13.6. The molecular weight excluding hydrogens is 364 g/mol. The van der Waals surface area contributed by atoms with E-state index in [1.807, 2.05) is 0 Å². The molecule has 7 nitrogen and oxygen atoms in total. The van der Waals surface area contributed by atoms with Gasteiger partial charge in [0.15, 0.2) is 0 Å². The second kappa shape index (κ2) is 7.12. The zero-order chi connectivity index (χ0) is 18.8. The monoisotopic (exact) mass is 380 g/mol. The predicted molar refractivity (Wildman–Crippen MR) is 99.2 cm³/mol. The van der Waals surface area contributed by atoms with Gasteiger partial charge in [-0.25, -0.2) is 4.79 Å². The smallest absolute Gasteiger partial charge is 0.317 e. The van der Waals surface area contributed by atoms with Crippen LogP contribution in [-0.4, -0.2) is 17.8 Å². The molecule has 0 radical (unpaired) electrons. The highest BCUT2D eigenvalue weighted by Crippen LogP contribution is 2.34. The van der Waals surface area contributed by atoms with Crippen LogP contribution in [0.5, 0.6) is 0 Å². The van der Waals surface area contributed by atoms with E-state index in [0.29, 0.717) is 10.0 Å². The quantitative estimate of drug-likeness (QED) is 0.636. The van der Waals surface area contributed by atoms with Crippen LogP contribution in [0.15, 0.2) is 30.3 Å². The molecule has 0 saturated heterocycles. The summed E-state index contributed by atoms with van der Waals surface area (Å²) in [6.45, 7) is 3.52. The van der Waals surface area contributed by atoms with Crippen LogP contribution in [0.1, 0.15) is 29.8 Å². The number of hydrogen-bond acceptors (Lipinski definition) is 4. The van der Waals surface area contributed by atoms with Crippen molar-refractivity contribution in [2.75, 3.05) is 10.6 Å². The number of nitrogens with two attached hydrogens (primary N) is 2. The number of primary amides is 2. The van der Waals surface area contributed by atoms with Gasteiger partial charge in [0.25, 0.3) is 5.91 Å². The number of amides is 4. The van der Waals surface area contributed by atoms with Crippen molar-refractivity contribution in [2.24, 2.45) is 11.5 Å². The summed E-state index contributed by atoms with van der Waals surface area (Å²) in [6, 6.07) is 7.52. The Morgan fingerprint density at radius 2 is 1.68 bits per heavy atom. The van der Waals surface area contributed by atoms with E-state index in [2.05, 4.69) is 10.6 Å². The van der Waals surface area contributed by atoms with Crippen molar-refractivity contribution >= 4 is 50.8 Å². The summed E-state index contributed by atoms with van der Waals surface area (Å²) in [7, 11) is 0. The third-order valence-corrected chi connectivity index (χ3v) is 4.82. The fourth-order valence-corrected chi connectivity index (χ4v) is 3.19. The molecule has 9 heteroatoms. The molecule has 0 atom stereocenters.